The summed E-state index contributed by atoms with van der Waals surface area (Å²) in [6.07, 6.45) is 0. The second-order valence-corrected chi connectivity index (χ2v) is 5.68. The molecule has 1 N–H and O–H groups in total. The van der Waals surface area contributed by atoms with E-state index in [1.165, 1.54) is 18.2 Å². The molecule has 0 unspecified atom stereocenters. The van der Waals surface area contributed by atoms with Crippen molar-refractivity contribution in [2.24, 2.45) is 0 Å². The summed E-state index contributed by atoms with van der Waals surface area (Å²) in [6.45, 7) is 3.66. The van der Waals surface area contributed by atoms with Crippen LogP contribution in [0.2, 0.25) is 0 Å². The summed E-state index contributed by atoms with van der Waals surface area (Å²) in [5.41, 5.74) is 4.23. The van der Waals surface area contributed by atoms with E-state index in [1.807, 2.05) is 18.2 Å². The van der Waals surface area contributed by atoms with E-state index in [0.717, 1.165) is 23.1 Å². The topological polar surface area (TPSA) is 38.3 Å². The van der Waals surface area contributed by atoms with Gasteiger partial charge in [-0.15, -0.1) is 0 Å². The number of rotatable bonds is 5. The zero-order valence-corrected chi connectivity index (χ0v) is 13.7. The van der Waals surface area contributed by atoms with E-state index in [0.29, 0.717) is 5.56 Å². The normalized spacial score (nSPS) is 10.4. The monoisotopic (exact) mass is 347 g/mol. The van der Waals surface area contributed by atoms with Crippen LogP contribution in [0.15, 0.2) is 46.9 Å². The Morgan fingerprint density at radius 2 is 1.86 bits per heavy atom. The first-order valence-corrected chi connectivity index (χ1v) is 7.53. The van der Waals surface area contributed by atoms with Gasteiger partial charge in [0, 0.05) is 17.6 Å². The maximum atomic E-state index is 11.5. The average molecular weight is 348 g/mol. The van der Waals surface area contributed by atoms with Crippen LogP contribution in [0.1, 0.15) is 27.0 Å². The largest absolute Gasteiger partial charge is 0.465 e. The molecule has 0 saturated heterocycles. The van der Waals surface area contributed by atoms with Crippen LogP contribution in [-0.2, 0) is 17.8 Å². The second kappa shape index (κ2) is 7.38. The first-order chi connectivity index (χ1) is 10.1. The van der Waals surface area contributed by atoms with E-state index in [-0.39, 0.29) is 5.97 Å². The summed E-state index contributed by atoms with van der Waals surface area (Å²) < 4.78 is 5.61. The number of hydrogen-bond acceptors (Lipinski definition) is 3. The van der Waals surface area contributed by atoms with E-state index in [9.17, 15) is 4.79 Å². The molecule has 0 saturated carbocycles. The van der Waals surface area contributed by atoms with Crippen LogP contribution in [0, 0.1) is 6.92 Å². The number of esters is 1. The molecule has 0 fully saturated rings. The summed E-state index contributed by atoms with van der Waals surface area (Å²) in [4.78, 5) is 11.5. The lowest BCUT2D eigenvalue weighted by Gasteiger charge is -2.10. The molecule has 21 heavy (non-hydrogen) atoms. The molecule has 0 aliphatic heterocycles. The molecule has 110 valence electrons. The zero-order chi connectivity index (χ0) is 15.2. The molecule has 0 heterocycles. The number of aryl methyl sites for hydroxylation is 1. The zero-order valence-electron chi connectivity index (χ0n) is 12.2. The van der Waals surface area contributed by atoms with E-state index in [1.54, 1.807) is 12.1 Å². The van der Waals surface area contributed by atoms with Crippen LogP contribution in [0.5, 0.6) is 0 Å². The van der Waals surface area contributed by atoms with Crippen molar-refractivity contribution >= 4 is 21.9 Å². The van der Waals surface area contributed by atoms with Crippen LogP contribution in [-0.4, -0.2) is 13.1 Å². The van der Waals surface area contributed by atoms with Crippen LogP contribution in [0.4, 0.5) is 0 Å². The highest BCUT2D eigenvalue weighted by atomic mass is 79.9. The van der Waals surface area contributed by atoms with Crippen molar-refractivity contribution in [2.75, 3.05) is 7.11 Å². The van der Waals surface area contributed by atoms with E-state index in [4.69, 9.17) is 4.74 Å². The Bertz CT molecular complexity index is 640. The standard InChI is InChI=1S/C17H18BrNO2/c1-12-5-3-4-6-14(12)10-19-11-15-8-7-13(9-16(15)18)17(20)21-2/h3-9,19H,10-11H2,1-2H3. The van der Waals surface area contributed by atoms with E-state index >= 15 is 0 Å². The van der Waals surface area contributed by atoms with Crippen LogP contribution in [0.25, 0.3) is 0 Å². The number of nitrogens with one attached hydrogen (secondary N) is 1. The first kappa shape index (κ1) is 15.7. The van der Waals surface area contributed by atoms with Gasteiger partial charge in [0.05, 0.1) is 12.7 Å². The Balaban J connectivity index is 1.98. The molecule has 0 amide bonds. The van der Waals surface area contributed by atoms with Crippen molar-refractivity contribution < 1.29 is 9.53 Å². The van der Waals surface area contributed by atoms with Crippen molar-refractivity contribution in [3.05, 3.63) is 69.2 Å². The maximum Gasteiger partial charge on any atom is 0.337 e. The van der Waals surface area contributed by atoms with Gasteiger partial charge in [0.25, 0.3) is 0 Å². The molecule has 0 atom stereocenters. The number of hydrogen-bond donors (Lipinski definition) is 1. The maximum absolute atomic E-state index is 11.5. The molecule has 4 heteroatoms. The van der Waals surface area contributed by atoms with Gasteiger partial charge in [0.15, 0.2) is 0 Å². The molecule has 0 aliphatic rings. The van der Waals surface area contributed by atoms with Gasteiger partial charge in [-0.05, 0) is 35.7 Å². The minimum absolute atomic E-state index is 0.324. The van der Waals surface area contributed by atoms with Crippen LogP contribution in [0.3, 0.4) is 0 Å². The third kappa shape index (κ3) is 4.16. The van der Waals surface area contributed by atoms with Gasteiger partial charge in [-0.2, -0.15) is 0 Å². The third-order valence-electron chi connectivity index (χ3n) is 3.37. The molecule has 2 aromatic rings. The Morgan fingerprint density at radius 3 is 2.52 bits per heavy atom. The van der Waals surface area contributed by atoms with Crippen molar-refractivity contribution in [3.8, 4) is 0 Å². The number of carbonyl (C=O) groups is 1. The number of halogens is 1. The van der Waals surface area contributed by atoms with Crippen molar-refractivity contribution in [2.45, 2.75) is 20.0 Å². The van der Waals surface area contributed by atoms with Gasteiger partial charge in [0.2, 0.25) is 0 Å². The molecule has 2 rings (SSSR count). The number of carbonyl (C=O) groups excluding carboxylic acids is 1. The van der Waals surface area contributed by atoms with Gasteiger partial charge < -0.3 is 10.1 Å². The Hall–Kier alpha value is -1.65. The van der Waals surface area contributed by atoms with Crippen LogP contribution >= 0.6 is 15.9 Å². The fourth-order valence-corrected chi connectivity index (χ4v) is 2.59. The third-order valence-corrected chi connectivity index (χ3v) is 4.10. The SMILES string of the molecule is COC(=O)c1ccc(CNCc2ccccc2C)c(Br)c1. The number of methoxy groups -OCH3 is 1. The predicted molar refractivity (Wildman–Crippen MR) is 87.2 cm³/mol. The Labute approximate surface area is 133 Å². The Morgan fingerprint density at radius 1 is 1.14 bits per heavy atom. The number of benzene rings is 2. The van der Waals surface area contributed by atoms with Crippen LogP contribution < -0.4 is 5.32 Å². The molecule has 0 aliphatic carbocycles. The molecule has 3 nitrogen and oxygen atoms in total. The minimum atomic E-state index is -0.324. The molecular formula is C17H18BrNO2. The summed E-state index contributed by atoms with van der Waals surface area (Å²) in [7, 11) is 1.38. The van der Waals surface area contributed by atoms with E-state index in [2.05, 4.69) is 40.3 Å². The fourth-order valence-electron chi connectivity index (χ4n) is 2.08. The smallest absolute Gasteiger partial charge is 0.337 e. The Kier molecular flexibility index (Phi) is 5.53. The van der Waals surface area contributed by atoms with Gasteiger partial charge in [-0.25, -0.2) is 4.79 Å². The second-order valence-electron chi connectivity index (χ2n) is 4.83. The minimum Gasteiger partial charge on any atom is -0.465 e. The molecule has 0 spiro atoms. The molecule has 0 bridgehead atoms. The summed E-state index contributed by atoms with van der Waals surface area (Å²) in [5, 5.41) is 3.42. The summed E-state index contributed by atoms with van der Waals surface area (Å²) in [5.74, 6) is -0.324. The quantitative estimate of drug-likeness (QED) is 0.835. The van der Waals surface area contributed by atoms with Gasteiger partial charge in [-0.1, -0.05) is 46.3 Å². The molecule has 0 aromatic heterocycles. The lowest BCUT2D eigenvalue weighted by molar-refractivity contribution is 0.0600. The average Bonchev–Trinajstić information content (AvgIpc) is 2.50. The molecule has 2 aromatic carbocycles. The highest BCUT2D eigenvalue weighted by Crippen LogP contribution is 2.19. The molecule has 0 radical (unpaired) electrons. The van der Waals surface area contributed by atoms with Gasteiger partial charge in [-0.3, -0.25) is 0 Å². The van der Waals surface area contributed by atoms with Gasteiger partial charge in [0.1, 0.15) is 0 Å². The highest BCUT2D eigenvalue weighted by molar-refractivity contribution is 9.10. The lowest BCUT2D eigenvalue weighted by Crippen LogP contribution is -2.14. The fraction of sp³-hybridized carbons (Fsp3) is 0.235. The number of ether oxygens (including phenoxy) is 1. The van der Waals surface area contributed by atoms with Crippen molar-refractivity contribution in [3.63, 3.8) is 0 Å². The lowest BCUT2D eigenvalue weighted by atomic mass is 10.1. The first-order valence-electron chi connectivity index (χ1n) is 6.74. The van der Waals surface area contributed by atoms with Crippen molar-refractivity contribution in [1.29, 1.82) is 0 Å². The summed E-state index contributed by atoms with van der Waals surface area (Å²) >= 11 is 3.50. The van der Waals surface area contributed by atoms with Gasteiger partial charge >= 0.3 is 5.97 Å². The highest BCUT2D eigenvalue weighted by Gasteiger charge is 2.08. The predicted octanol–water partition coefficient (Wildman–Crippen LogP) is 3.83. The van der Waals surface area contributed by atoms with E-state index < -0.39 is 0 Å². The molecular weight excluding hydrogens is 330 g/mol. The summed E-state index contributed by atoms with van der Waals surface area (Å²) in [6, 6.07) is 13.8. The van der Waals surface area contributed by atoms with Crippen molar-refractivity contribution in [1.82, 2.24) is 5.32 Å².